The van der Waals surface area contributed by atoms with Crippen LogP contribution in [0.4, 0.5) is 0 Å². The predicted octanol–water partition coefficient (Wildman–Crippen LogP) is 3.82. The summed E-state index contributed by atoms with van der Waals surface area (Å²) in [7, 11) is 1.99. The molecule has 0 saturated carbocycles. The normalized spacial score (nSPS) is 14.6. The molecule has 2 nitrogen and oxygen atoms in total. The van der Waals surface area contributed by atoms with E-state index < -0.39 is 0 Å². The highest BCUT2D eigenvalue weighted by atomic mass is 16.5. The topological polar surface area (TPSA) is 21.3 Å². The summed E-state index contributed by atoms with van der Waals surface area (Å²) in [5, 5.41) is 3.29. The van der Waals surface area contributed by atoms with Gasteiger partial charge in [0.05, 0.1) is 0 Å². The van der Waals surface area contributed by atoms with E-state index in [0.717, 1.165) is 12.4 Å². The minimum atomic E-state index is 0.402. The van der Waals surface area contributed by atoms with E-state index >= 15 is 0 Å². The predicted molar refractivity (Wildman–Crippen MR) is 78.3 cm³/mol. The van der Waals surface area contributed by atoms with Crippen LogP contribution in [0, 0.1) is 5.92 Å². The minimum absolute atomic E-state index is 0.402. The molecule has 0 heterocycles. The summed E-state index contributed by atoms with van der Waals surface area (Å²) in [4.78, 5) is 0. The van der Waals surface area contributed by atoms with Gasteiger partial charge in [-0.1, -0.05) is 39.8 Å². The molecule has 0 aliphatic heterocycles. The van der Waals surface area contributed by atoms with Crippen molar-refractivity contribution in [3.05, 3.63) is 29.8 Å². The Hall–Kier alpha value is -1.02. The SMILES string of the molecule is CCC(C)c1ccc(OCC(NC)C(C)C)cc1. The number of hydrogen-bond donors (Lipinski definition) is 1. The number of likely N-dealkylation sites (N-methyl/N-ethyl adjacent to an activating group) is 1. The average Bonchev–Trinajstić information content (AvgIpc) is 2.39. The Morgan fingerprint density at radius 1 is 1.11 bits per heavy atom. The molecule has 0 bridgehead atoms. The zero-order valence-electron chi connectivity index (χ0n) is 12.4. The molecule has 2 unspecified atom stereocenters. The van der Waals surface area contributed by atoms with E-state index in [4.69, 9.17) is 4.74 Å². The minimum Gasteiger partial charge on any atom is -0.492 e. The highest BCUT2D eigenvalue weighted by Gasteiger charge is 2.11. The smallest absolute Gasteiger partial charge is 0.119 e. The molecular formula is C16H27NO. The average molecular weight is 249 g/mol. The fourth-order valence-corrected chi connectivity index (χ4v) is 1.92. The third-order valence-corrected chi connectivity index (χ3v) is 3.67. The molecule has 1 N–H and O–H groups in total. The maximum atomic E-state index is 5.83. The number of rotatable bonds is 7. The van der Waals surface area contributed by atoms with Gasteiger partial charge >= 0.3 is 0 Å². The molecule has 18 heavy (non-hydrogen) atoms. The van der Waals surface area contributed by atoms with Crippen LogP contribution in [0.3, 0.4) is 0 Å². The maximum absolute atomic E-state index is 5.83. The van der Waals surface area contributed by atoms with Crippen molar-refractivity contribution in [2.45, 2.75) is 46.1 Å². The van der Waals surface area contributed by atoms with Crippen LogP contribution in [0.5, 0.6) is 5.75 Å². The number of benzene rings is 1. The van der Waals surface area contributed by atoms with Crippen LogP contribution >= 0.6 is 0 Å². The monoisotopic (exact) mass is 249 g/mol. The van der Waals surface area contributed by atoms with Crippen LogP contribution in [-0.2, 0) is 0 Å². The van der Waals surface area contributed by atoms with Crippen LogP contribution in [0.2, 0.25) is 0 Å². The molecule has 0 amide bonds. The molecule has 0 aliphatic carbocycles. The van der Waals surface area contributed by atoms with Crippen molar-refractivity contribution in [3.63, 3.8) is 0 Å². The Bertz CT molecular complexity index is 331. The molecule has 0 aromatic heterocycles. The highest BCUT2D eigenvalue weighted by molar-refractivity contribution is 5.29. The first-order valence-electron chi connectivity index (χ1n) is 6.98. The van der Waals surface area contributed by atoms with Crippen LogP contribution < -0.4 is 10.1 Å². The number of hydrogen-bond acceptors (Lipinski definition) is 2. The first-order valence-corrected chi connectivity index (χ1v) is 6.98. The van der Waals surface area contributed by atoms with E-state index in [1.807, 2.05) is 7.05 Å². The van der Waals surface area contributed by atoms with Gasteiger partial charge in [0, 0.05) is 6.04 Å². The van der Waals surface area contributed by atoms with Gasteiger partial charge in [0.2, 0.25) is 0 Å². The van der Waals surface area contributed by atoms with Crippen molar-refractivity contribution in [3.8, 4) is 5.75 Å². The second kappa shape index (κ2) is 7.42. The molecule has 1 rings (SSSR count). The van der Waals surface area contributed by atoms with Crippen molar-refractivity contribution in [1.82, 2.24) is 5.32 Å². The van der Waals surface area contributed by atoms with Crippen molar-refractivity contribution >= 4 is 0 Å². The Kier molecular flexibility index (Phi) is 6.20. The fraction of sp³-hybridized carbons (Fsp3) is 0.625. The quantitative estimate of drug-likeness (QED) is 0.793. The lowest BCUT2D eigenvalue weighted by atomic mass is 9.99. The van der Waals surface area contributed by atoms with Crippen molar-refractivity contribution in [2.75, 3.05) is 13.7 Å². The van der Waals surface area contributed by atoms with Crippen molar-refractivity contribution in [1.29, 1.82) is 0 Å². The van der Waals surface area contributed by atoms with Crippen LogP contribution in [0.15, 0.2) is 24.3 Å². The van der Waals surface area contributed by atoms with Gasteiger partial charge < -0.3 is 10.1 Å². The molecule has 2 heteroatoms. The van der Waals surface area contributed by atoms with Crippen LogP contribution in [-0.4, -0.2) is 19.7 Å². The first kappa shape index (κ1) is 15.0. The van der Waals surface area contributed by atoms with Crippen molar-refractivity contribution < 1.29 is 4.74 Å². The third-order valence-electron chi connectivity index (χ3n) is 3.67. The lowest BCUT2D eigenvalue weighted by Gasteiger charge is -2.20. The summed E-state index contributed by atoms with van der Waals surface area (Å²) < 4.78 is 5.83. The second-order valence-corrected chi connectivity index (χ2v) is 5.33. The third kappa shape index (κ3) is 4.34. The van der Waals surface area contributed by atoms with E-state index in [2.05, 4.69) is 57.3 Å². The standard InChI is InChI=1S/C16H27NO/c1-6-13(4)14-7-9-15(10-8-14)18-11-16(17-5)12(2)3/h7-10,12-13,16-17H,6,11H2,1-5H3. The molecule has 1 aromatic carbocycles. The lowest BCUT2D eigenvalue weighted by Crippen LogP contribution is -2.36. The van der Waals surface area contributed by atoms with E-state index in [1.54, 1.807) is 0 Å². The Morgan fingerprint density at radius 3 is 2.17 bits per heavy atom. The molecule has 0 aliphatic rings. The van der Waals surface area contributed by atoms with E-state index in [1.165, 1.54) is 12.0 Å². The second-order valence-electron chi connectivity index (χ2n) is 5.33. The fourth-order valence-electron chi connectivity index (χ4n) is 1.92. The van der Waals surface area contributed by atoms with E-state index in [0.29, 0.717) is 17.9 Å². The summed E-state index contributed by atoms with van der Waals surface area (Å²) >= 11 is 0. The van der Waals surface area contributed by atoms with Crippen LogP contribution in [0.1, 0.15) is 45.6 Å². The molecule has 0 spiro atoms. The Labute approximate surface area is 112 Å². The summed E-state index contributed by atoms with van der Waals surface area (Å²) in [5.74, 6) is 2.16. The zero-order chi connectivity index (χ0) is 13.5. The molecule has 2 atom stereocenters. The molecule has 102 valence electrons. The Balaban J connectivity index is 2.53. The van der Waals surface area contributed by atoms with Crippen LogP contribution in [0.25, 0.3) is 0 Å². The highest BCUT2D eigenvalue weighted by Crippen LogP contribution is 2.21. The number of nitrogens with one attached hydrogen (secondary N) is 1. The summed E-state index contributed by atoms with van der Waals surface area (Å²) in [6, 6.07) is 8.91. The van der Waals surface area contributed by atoms with Crippen molar-refractivity contribution in [2.24, 2.45) is 5.92 Å². The number of ether oxygens (including phenoxy) is 1. The molecule has 0 saturated heterocycles. The van der Waals surface area contributed by atoms with Gasteiger partial charge in [0.15, 0.2) is 0 Å². The maximum Gasteiger partial charge on any atom is 0.119 e. The van der Waals surface area contributed by atoms with Gasteiger partial charge in [0.25, 0.3) is 0 Å². The van der Waals surface area contributed by atoms with Gasteiger partial charge in [-0.25, -0.2) is 0 Å². The van der Waals surface area contributed by atoms with Gasteiger partial charge in [-0.2, -0.15) is 0 Å². The van der Waals surface area contributed by atoms with Gasteiger partial charge in [-0.15, -0.1) is 0 Å². The largest absolute Gasteiger partial charge is 0.492 e. The van der Waals surface area contributed by atoms with E-state index in [9.17, 15) is 0 Å². The van der Waals surface area contributed by atoms with Gasteiger partial charge in [0.1, 0.15) is 12.4 Å². The summed E-state index contributed by atoms with van der Waals surface area (Å²) in [5.41, 5.74) is 1.39. The molecule has 0 fully saturated rings. The first-order chi connectivity index (χ1) is 8.58. The van der Waals surface area contributed by atoms with Gasteiger partial charge in [-0.3, -0.25) is 0 Å². The summed E-state index contributed by atoms with van der Waals surface area (Å²) in [6.45, 7) is 9.60. The van der Waals surface area contributed by atoms with Gasteiger partial charge in [-0.05, 0) is 43.0 Å². The molecular weight excluding hydrogens is 222 g/mol. The summed E-state index contributed by atoms with van der Waals surface area (Å²) in [6.07, 6.45) is 1.18. The zero-order valence-corrected chi connectivity index (χ0v) is 12.4. The Morgan fingerprint density at radius 2 is 1.72 bits per heavy atom. The molecule has 0 radical (unpaired) electrons. The molecule has 1 aromatic rings. The lowest BCUT2D eigenvalue weighted by molar-refractivity contribution is 0.238. The van der Waals surface area contributed by atoms with E-state index in [-0.39, 0.29) is 0 Å².